The fraction of sp³-hybridized carbons (Fsp3) is 0.700. The summed E-state index contributed by atoms with van der Waals surface area (Å²) in [7, 11) is 0. The van der Waals surface area contributed by atoms with Gasteiger partial charge in [-0.15, -0.1) is 12.4 Å². The third-order valence-electron chi connectivity index (χ3n) is 6.25. The Labute approximate surface area is 172 Å². The van der Waals surface area contributed by atoms with Crippen molar-refractivity contribution in [1.29, 1.82) is 0 Å². The number of fused-ring (bicyclic) bond motifs is 1. The Morgan fingerprint density at radius 3 is 2.04 bits per heavy atom. The molecule has 2 unspecified atom stereocenters. The van der Waals surface area contributed by atoms with Crippen LogP contribution in [0.15, 0.2) is 18.5 Å². The molecule has 28 heavy (non-hydrogen) atoms. The van der Waals surface area contributed by atoms with E-state index in [9.17, 15) is 9.59 Å². The van der Waals surface area contributed by atoms with Crippen molar-refractivity contribution in [3.05, 3.63) is 18.5 Å². The van der Waals surface area contributed by atoms with Gasteiger partial charge in [0, 0.05) is 45.1 Å². The van der Waals surface area contributed by atoms with Crippen LogP contribution in [-0.4, -0.2) is 70.9 Å². The molecule has 3 fully saturated rings. The van der Waals surface area contributed by atoms with Crippen LogP contribution >= 0.6 is 12.4 Å². The largest absolute Gasteiger partial charge is 0.338 e. The van der Waals surface area contributed by atoms with Crippen LogP contribution < -0.4 is 4.90 Å². The molecule has 1 saturated carbocycles. The zero-order chi connectivity index (χ0) is 18.6. The molecule has 2 amide bonds. The van der Waals surface area contributed by atoms with Crippen molar-refractivity contribution in [2.24, 2.45) is 11.8 Å². The van der Waals surface area contributed by atoms with Gasteiger partial charge in [0.2, 0.25) is 17.8 Å². The van der Waals surface area contributed by atoms with Crippen molar-refractivity contribution in [3.8, 4) is 0 Å². The molecular formula is C20H30ClN5O2. The van der Waals surface area contributed by atoms with E-state index in [1.165, 1.54) is 0 Å². The molecule has 7 nitrogen and oxygen atoms in total. The van der Waals surface area contributed by atoms with E-state index in [2.05, 4.69) is 19.8 Å². The third kappa shape index (κ3) is 4.46. The van der Waals surface area contributed by atoms with Gasteiger partial charge in [0.15, 0.2) is 0 Å². The molecule has 0 aromatic carbocycles. The van der Waals surface area contributed by atoms with Crippen LogP contribution in [0.1, 0.15) is 38.5 Å². The highest BCUT2D eigenvalue weighted by Gasteiger charge is 2.47. The van der Waals surface area contributed by atoms with Gasteiger partial charge in [0.25, 0.3) is 0 Å². The maximum Gasteiger partial charge on any atom is 0.233 e. The van der Waals surface area contributed by atoms with Gasteiger partial charge in [-0.25, -0.2) is 9.97 Å². The smallest absolute Gasteiger partial charge is 0.233 e. The van der Waals surface area contributed by atoms with Crippen molar-refractivity contribution in [2.75, 3.05) is 44.2 Å². The zero-order valence-corrected chi connectivity index (χ0v) is 17.1. The molecule has 0 radical (unpaired) electrons. The molecule has 154 valence electrons. The lowest BCUT2D eigenvalue weighted by atomic mass is 9.81. The number of aromatic nitrogens is 2. The van der Waals surface area contributed by atoms with Gasteiger partial charge in [0.05, 0.1) is 11.8 Å². The summed E-state index contributed by atoms with van der Waals surface area (Å²) in [5, 5.41) is 0. The molecule has 2 atom stereocenters. The summed E-state index contributed by atoms with van der Waals surface area (Å²) in [6, 6.07) is 1.84. The average molecular weight is 408 g/mol. The first kappa shape index (κ1) is 21.0. The summed E-state index contributed by atoms with van der Waals surface area (Å²) in [4.78, 5) is 39.9. The maximum absolute atomic E-state index is 12.5. The highest BCUT2D eigenvalue weighted by atomic mass is 35.5. The monoisotopic (exact) mass is 407 g/mol. The molecule has 0 N–H and O–H groups in total. The summed E-state index contributed by atoms with van der Waals surface area (Å²) in [6.07, 6.45) is 9.48. The second-order valence-corrected chi connectivity index (χ2v) is 7.91. The molecule has 3 aliphatic rings. The zero-order valence-electron chi connectivity index (χ0n) is 16.3. The predicted octanol–water partition coefficient (Wildman–Crippen LogP) is 1.98. The lowest BCUT2D eigenvalue weighted by Gasteiger charge is -2.34. The fourth-order valence-electron chi connectivity index (χ4n) is 4.68. The molecular weight excluding hydrogens is 378 g/mol. The predicted molar refractivity (Wildman–Crippen MR) is 109 cm³/mol. The van der Waals surface area contributed by atoms with E-state index in [1.807, 2.05) is 6.07 Å². The van der Waals surface area contributed by atoms with E-state index in [0.717, 1.165) is 77.2 Å². The number of nitrogens with zero attached hydrogens (tertiary/aromatic N) is 5. The molecule has 1 aliphatic carbocycles. The minimum atomic E-state index is -0.0143. The number of unbranched alkanes of at least 4 members (excludes halogenated alkanes) is 1. The van der Waals surface area contributed by atoms with Gasteiger partial charge in [-0.05, 0) is 38.3 Å². The molecule has 3 heterocycles. The normalized spacial score (nSPS) is 25.6. The number of imide groups is 1. The van der Waals surface area contributed by atoms with E-state index in [4.69, 9.17) is 0 Å². The van der Waals surface area contributed by atoms with E-state index in [1.54, 1.807) is 17.3 Å². The molecule has 2 aliphatic heterocycles. The number of piperazine rings is 1. The first-order valence-electron chi connectivity index (χ1n) is 10.3. The van der Waals surface area contributed by atoms with E-state index in [0.29, 0.717) is 6.54 Å². The van der Waals surface area contributed by atoms with E-state index >= 15 is 0 Å². The Kier molecular flexibility index (Phi) is 7.24. The van der Waals surface area contributed by atoms with E-state index < -0.39 is 0 Å². The van der Waals surface area contributed by atoms with Crippen LogP contribution in [0.25, 0.3) is 0 Å². The Balaban J connectivity index is 0.00000225. The molecule has 4 rings (SSSR count). The molecule has 2 saturated heterocycles. The second-order valence-electron chi connectivity index (χ2n) is 7.91. The van der Waals surface area contributed by atoms with Crippen LogP contribution in [0.4, 0.5) is 5.95 Å². The number of carbonyl (C=O) groups is 2. The second kappa shape index (κ2) is 9.65. The fourth-order valence-corrected chi connectivity index (χ4v) is 4.68. The summed E-state index contributed by atoms with van der Waals surface area (Å²) in [5.41, 5.74) is 0. The minimum Gasteiger partial charge on any atom is -0.338 e. The van der Waals surface area contributed by atoms with Crippen molar-refractivity contribution < 1.29 is 9.59 Å². The molecule has 8 heteroatoms. The van der Waals surface area contributed by atoms with Crippen LogP contribution in [0.2, 0.25) is 0 Å². The number of rotatable bonds is 6. The number of amides is 2. The van der Waals surface area contributed by atoms with Crippen molar-refractivity contribution in [1.82, 2.24) is 19.8 Å². The van der Waals surface area contributed by atoms with Gasteiger partial charge < -0.3 is 4.90 Å². The van der Waals surface area contributed by atoms with Crippen LogP contribution in [0.3, 0.4) is 0 Å². The Hall–Kier alpha value is -1.73. The van der Waals surface area contributed by atoms with E-state index in [-0.39, 0.29) is 36.1 Å². The minimum absolute atomic E-state index is 0. The highest BCUT2D eigenvalue weighted by Crippen LogP contribution is 2.38. The van der Waals surface area contributed by atoms with Crippen molar-refractivity contribution in [2.45, 2.75) is 38.5 Å². The summed E-state index contributed by atoms with van der Waals surface area (Å²) < 4.78 is 0. The Morgan fingerprint density at radius 1 is 0.857 bits per heavy atom. The number of hydrogen-bond acceptors (Lipinski definition) is 6. The lowest BCUT2D eigenvalue weighted by Crippen LogP contribution is -2.47. The lowest BCUT2D eigenvalue weighted by molar-refractivity contribution is -0.140. The number of halogens is 1. The van der Waals surface area contributed by atoms with Gasteiger partial charge in [0.1, 0.15) is 0 Å². The molecule has 0 bridgehead atoms. The highest BCUT2D eigenvalue weighted by molar-refractivity contribution is 6.05. The standard InChI is InChI=1S/C20H29N5O2.ClH/c26-18-16-6-1-2-7-17(16)19(27)25(18)11-4-3-10-23-12-14-24(15-13-23)20-21-8-5-9-22-20;/h5,8-9,16-17H,1-4,6-7,10-15H2;1H. The average Bonchev–Trinajstić information content (AvgIpc) is 2.97. The van der Waals surface area contributed by atoms with Crippen LogP contribution in [-0.2, 0) is 9.59 Å². The van der Waals surface area contributed by atoms with Crippen molar-refractivity contribution >= 4 is 30.2 Å². The summed E-state index contributed by atoms with van der Waals surface area (Å²) in [5.74, 6) is 0.978. The Morgan fingerprint density at radius 2 is 1.43 bits per heavy atom. The number of carbonyl (C=O) groups excluding carboxylic acids is 2. The topological polar surface area (TPSA) is 69.6 Å². The van der Waals surface area contributed by atoms with Gasteiger partial charge >= 0.3 is 0 Å². The number of anilines is 1. The first-order valence-corrected chi connectivity index (χ1v) is 10.3. The van der Waals surface area contributed by atoms with Gasteiger partial charge in [-0.2, -0.15) is 0 Å². The summed E-state index contributed by atoms with van der Waals surface area (Å²) in [6.45, 7) is 5.51. The van der Waals surface area contributed by atoms with Gasteiger partial charge in [-0.1, -0.05) is 12.8 Å². The third-order valence-corrected chi connectivity index (χ3v) is 6.25. The molecule has 0 spiro atoms. The number of hydrogen-bond donors (Lipinski definition) is 0. The number of likely N-dealkylation sites (tertiary alicyclic amines) is 1. The SMILES string of the molecule is Cl.O=C1C2CCCCC2C(=O)N1CCCCN1CCN(c2ncccn2)CC1. The van der Waals surface area contributed by atoms with Crippen LogP contribution in [0.5, 0.6) is 0 Å². The quantitative estimate of drug-likeness (QED) is 0.530. The molecule has 1 aromatic rings. The first-order chi connectivity index (χ1) is 13.2. The van der Waals surface area contributed by atoms with Crippen LogP contribution in [0, 0.1) is 11.8 Å². The Bertz CT molecular complexity index is 642. The summed E-state index contributed by atoms with van der Waals surface area (Å²) >= 11 is 0. The maximum atomic E-state index is 12.5. The van der Waals surface area contributed by atoms with Gasteiger partial charge in [-0.3, -0.25) is 19.4 Å². The van der Waals surface area contributed by atoms with Crippen molar-refractivity contribution in [3.63, 3.8) is 0 Å². The molecule has 1 aromatic heterocycles.